The van der Waals surface area contributed by atoms with E-state index >= 15 is 0 Å². The van der Waals surface area contributed by atoms with Gasteiger partial charge in [0.05, 0.1) is 6.07 Å². The van der Waals surface area contributed by atoms with Gasteiger partial charge in [-0.3, -0.25) is 0 Å². The van der Waals surface area contributed by atoms with Crippen molar-refractivity contribution in [3.8, 4) is 6.07 Å². The first-order valence-corrected chi connectivity index (χ1v) is 5.74. The van der Waals surface area contributed by atoms with Gasteiger partial charge in [0.15, 0.2) is 0 Å². The number of hydrogen-bond donors (Lipinski definition) is 0. The molecule has 0 heterocycles. The number of allylic oxidation sites excluding steroid dienone is 1. The topological polar surface area (TPSA) is 23.8 Å². The molecule has 1 nitrogen and oxygen atoms in total. The molecule has 0 N–H and O–H groups in total. The van der Waals surface area contributed by atoms with Crippen molar-refractivity contribution in [2.75, 3.05) is 0 Å². The third-order valence-corrected chi connectivity index (χ3v) is 2.83. The van der Waals surface area contributed by atoms with Crippen LogP contribution in [0.15, 0.2) is 48.5 Å². The molecule has 0 saturated carbocycles. The van der Waals surface area contributed by atoms with Gasteiger partial charge in [0.25, 0.3) is 0 Å². The highest BCUT2D eigenvalue weighted by Crippen LogP contribution is 2.27. The molecular formula is C16H11F2N. The molecule has 19 heavy (non-hydrogen) atoms. The van der Waals surface area contributed by atoms with E-state index in [1.165, 1.54) is 30.3 Å². The Labute approximate surface area is 110 Å². The summed E-state index contributed by atoms with van der Waals surface area (Å²) in [4.78, 5) is 0. The van der Waals surface area contributed by atoms with Crippen LogP contribution in [-0.2, 0) is 0 Å². The number of benzene rings is 2. The van der Waals surface area contributed by atoms with E-state index in [0.29, 0.717) is 16.7 Å². The lowest BCUT2D eigenvalue weighted by molar-refractivity contribution is 0.626. The van der Waals surface area contributed by atoms with Gasteiger partial charge in [-0.25, -0.2) is 8.78 Å². The van der Waals surface area contributed by atoms with Crippen molar-refractivity contribution in [1.29, 1.82) is 5.26 Å². The lowest BCUT2D eigenvalue weighted by atomic mass is 9.94. The first-order chi connectivity index (χ1) is 9.11. The summed E-state index contributed by atoms with van der Waals surface area (Å²) in [5, 5.41) is 8.87. The van der Waals surface area contributed by atoms with Crippen molar-refractivity contribution in [1.82, 2.24) is 0 Å². The van der Waals surface area contributed by atoms with Gasteiger partial charge >= 0.3 is 0 Å². The second-order valence-electron chi connectivity index (χ2n) is 4.16. The van der Waals surface area contributed by atoms with Gasteiger partial charge in [-0.05, 0) is 53.5 Å². The van der Waals surface area contributed by atoms with Crippen LogP contribution in [0.2, 0.25) is 0 Å². The first kappa shape index (κ1) is 13.0. The maximum atomic E-state index is 13.4. The molecule has 0 spiro atoms. The summed E-state index contributed by atoms with van der Waals surface area (Å²) in [7, 11) is 0. The number of aryl methyl sites for hydroxylation is 1. The Morgan fingerprint density at radius 3 is 2.53 bits per heavy atom. The third kappa shape index (κ3) is 2.86. The van der Waals surface area contributed by atoms with E-state index in [1.807, 2.05) is 13.0 Å². The van der Waals surface area contributed by atoms with Gasteiger partial charge in [-0.1, -0.05) is 18.2 Å². The van der Waals surface area contributed by atoms with E-state index in [2.05, 4.69) is 0 Å². The zero-order valence-electron chi connectivity index (χ0n) is 10.3. The minimum atomic E-state index is -0.393. The fourth-order valence-corrected chi connectivity index (χ4v) is 1.92. The Hall–Kier alpha value is -2.47. The fraction of sp³-hybridized carbons (Fsp3) is 0.0625. The molecule has 2 aromatic rings. The van der Waals surface area contributed by atoms with Crippen LogP contribution in [0.25, 0.3) is 5.57 Å². The third-order valence-electron chi connectivity index (χ3n) is 2.83. The Morgan fingerprint density at radius 1 is 1.11 bits per heavy atom. The standard InChI is InChI=1S/C16H11F2N/c1-11-5-6-14(18)10-16(11)15(7-8-19)12-3-2-4-13(17)9-12/h2-7,9-10H,1H3/b15-7+. The van der Waals surface area contributed by atoms with Crippen LogP contribution in [0.5, 0.6) is 0 Å². The Kier molecular flexibility index (Phi) is 3.72. The molecule has 0 aliphatic heterocycles. The Morgan fingerprint density at radius 2 is 1.84 bits per heavy atom. The lowest BCUT2D eigenvalue weighted by Crippen LogP contribution is -1.93. The fourth-order valence-electron chi connectivity index (χ4n) is 1.92. The van der Waals surface area contributed by atoms with Crippen LogP contribution in [0.1, 0.15) is 16.7 Å². The van der Waals surface area contributed by atoms with E-state index < -0.39 is 5.82 Å². The summed E-state index contributed by atoms with van der Waals surface area (Å²) in [6.07, 6.45) is 1.30. The second kappa shape index (κ2) is 5.45. The highest BCUT2D eigenvalue weighted by molar-refractivity contribution is 5.82. The molecule has 0 aromatic heterocycles. The predicted molar refractivity (Wildman–Crippen MR) is 70.2 cm³/mol. The Balaban J connectivity index is 2.63. The van der Waals surface area contributed by atoms with E-state index in [4.69, 9.17) is 5.26 Å². The van der Waals surface area contributed by atoms with Crippen molar-refractivity contribution >= 4 is 5.57 Å². The van der Waals surface area contributed by atoms with Crippen LogP contribution >= 0.6 is 0 Å². The van der Waals surface area contributed by atoms with Gasteiger partial charge in [-0.15, -0.1) is 0 Å². The molecule has 0 radical (unpaired) electrons. The number of halogens is 2. The summed E-state index contributed by atoms with van der Waals surface area (Å²) in [5.74, 6) is -0.781. The highest BCUT2D eigenvalue weighted by Gasteiger charge is 2.10. The van der Waals surface area contributed by atoms with Crippen molar-refractivity contribution in [2.45, 2.75) is 6.92 Å². The van der Waals surface area contributed by atoms with E-state index in [1.54, 1.807) is 18.2 Å². The zero-order valence-corrected chi connectivity index (χ0v) is 10.3. The molecule has 0 unspecified atom stereocenters. The van der Waals surface area contributed by atoms with Gasteiger partial charge in [-0.2, -0.15) is 5.26 Å². The second-order valence-corrected chi connectivity index (χ2v) is 4.16. The van der Waals surface area contributed by atoms with Gasteiger partial charge in [0.2, 0.25) is 0 Å². The minimum absolute atomic E-state index is 0.388. The molecule has 0 aliphatic rings. The van der Waals surface area contributed by atoms with Gasteiger partial charge in [0.1, 0.15) is 11.6 Å². The van der Waals surface area contributed by atoms with Crippen LogP contribution in [0.3, 0.4) is 0 Å². The van der Waals surface area contributed by atoms with Crippen LogP contribution < -0.4 is 0 Å². The number of nitriles is 1. The molecule has 0 saturated heterocycles. The Bertz CT molecular complexity index is 681. The quantitative estimate of drug-likeness (QED) is 0.737. The molecule has 0 atom stereocenters. The summed E-state index contributed by atoms with van der Waals surface area (Å²) in [6, 6.07) is 12.2. The van der Waals surface area contributed by atoms with E-state index in [9.17, 15) is 8.78 Å². The van der Waals surface area contributed by atoms with E-state index in [-0.39, 0.29) is 5.82 Å². The molecular weight excluding hydrogens is 244 g/mol. The molecule has 0 amide bonds. The number of nitrogens with zero attached hydrogens (tertiary/aromatic N) is 1. The monoisotopic (exact) mass is 255 g/mol. The highest BCUT2D eigenvalue weighted by atomic mass is 19.1. The summed E-state index contributed by atoms with van der Waals surface area (Å²) >= 11 is 0. The SMILES string of the molecule is Cc1ccc(F)cc1/C(=C/C#N)c1cccc(F)c1. The maximum Gasteiger partial charge on any atom is 0.123 e. The van der Waals surface area contributed by atoms with Crippen molar-refractivity contribution < 1.29 is 8.78 Å². The molecule has 2 rings (SSSR count). The van der Waals surface area contributed by atoms with Crippen LogP contribution in [0.4, 0.5) is 8.78 Å². The largest absolute Gasteiger partial charge is 0.207 e. The average molecular weight is 255 g/mol. The lowest BCUT2D eigenvalue weighted by Gasteiger charge is -2.10. The summed E-state index contributed by atoms with van der Waals surface area (Å²) in [5.41, 5.74) is 2.48. The number of rotatable bonds is 2. The average Bonchev–Trinajstić information content (AvgIpc) is 2.39. The maximum absolute atomic E-state index is 13.4. The van der Waals surface area contributed by atoms with Crippen molar-refractivity contribution in [3.05, 3.63) is 76.9 Å². The number of hydrogen-bond acceptors (Lipinski definition) is 1. The molecule has 3 heteroatoms. The smallest absolute Gasteiger partial charge is 0.123 e. The summed E-state index contributed by atoms with van der Waals surface area (Å²) < 4.78 is 26.6. The van der Waals surface area contributed by atoms with Gasteiger partial charge in [0, 0.05) is 6.08 Å². The molecule has 0 aliphatic carbocycles. The van der Waals surface area contributed by atoms with E-state index in [0.717, 1.165) is 5.56 Å². The van der Waals surface area contributed by atoms with Gasteiger partial charge < -0.3 is 0 Å². The van der Waals surface area contributed by atoms with Crippen molar-refractivity contribution in [2.24, 2.45) is 0 Å². The zero-order chi connectivity index (χ0) is 13.8. The van der Waals surface area contributed by atoms with Crippen LogP contribution in [0, 0.1) is 29.9 Å². The van der Waals surface area contributed by atoms with Crippen molar-refractivity contribution in [3.63, 3.8) is 0 Å². The molecule has 2 aromatic carbocycles. The molecule has 94 valence electrons. The normalized spacial score (nSPS) is 11.2. The first-order valence-electron chi connectivity index (χ1n) is 5.74. The van der Waals surface area contributed by atoms with Crippen LogP contribution in [-0.4, -0.2) is 0 Å². The molecule has 0 fully saturated rings. The predicted octanol–water partition coefficient (Wildman–Crippen LogP) is 4.23. The summed E-state index contributed by atoms with van der Waals surface area (Å²) in [6.45, 7) is 1.82. The molecule has 0 bridgehead atoms. The minimum Gasteiger partial charge on any atom is -0.207 e.